The first-order chi connectivity index (χ1) is 14.6. The molecular formula is C22H20F2N4O2. The Hall–Kier alpha value is -3.55. The number of rotatable bonds is 5. The lowest BCUT2D eigenvalue weighted by Gasteiger charge is -2.35. The van der Waals surface area contributed by atoms with Crippen molar-refractivity contribution in [1.29, 1.82) is 0 Å². The van der Waals surface area contributed by atoms with E-state index in [1.54, 1.807) is 4.90 Å². The van der Waals surface area contributed by atoms with Crippen LogP contribution in [0.15, 0.2) is 60.7 Å². The molecule has 0 unspecified atom stereocenters. The van der Waals surface area contributed by atoms with Gasteiger partial charge in [-0.25, -0.2) is 8.78 Å². The van der Waals surface area contributed by atoms with Gasteiger partial charge in [0.05, 0.1) is 5.69 Å². The zero-order chi connectivity index (χ0) is 20.9. The molecule has 6 nitrogen and oxygen atoms in total. The van der Waals surface area contributed by atoms with Gasteiger partial charge in [-0.05, 0) is 24.3 Å². The number of hydrogen-bond acceptors (Lipinski definition) is 5. The van der Waals surface area contributed by atoms with Crippen molar-refractivity contribution < 1.29 is 18.3 Å². The van der Waals surface area contributed by atoms with Gasteiger partial charge in [-0.15, -0.1) is 10.2 Å². The molecule has 0 radical (unpaired) electrons. The van der Waals surface area contributed by atoms with Crippen LogP contribution < -0.4 is 9.64 Å². The monoisotopic (exact) mass is 410 g/mol. The van der Waals surface area contributed by atoms with Crippen LogP contribution in [-0.2, 0) is 4.79 Å². The number of amides is 1. The normalized spacial score (nSPS) is 13.9. The first-order valence-corrected chi connectivity index (χ1v) is 9.60. The van der Waals surface area contributed by atoms with Gasteiger partial charge in [-0.1, -0.05) is 30.3 Å². The molecule has 30 heavy (non-hydrogen) atoms. The first kappa shape index (κ1) is 19.8. The highest BCUT2D eigenvalue weighted by Crippen LogP contribution is 2.20. The Balaban J connectivity index is 1.29. The second-order valence-electron chi connectivity index (χ2n) is 6.87. The van der Waals surface area contributed by atoms with Gasteiger partial charge < -0.3 is 14.5 Å². The molecule has 8 heteroatoms. The van der Waals surface area contributed by atoms with Gasteiger partial charge in [0.2, 0.25) is 0 Å². The maximum absolute atomic E-state index is 13.6. The predicted octanol–water partition coefficient (Wildman–Crippen LogP) is 3.15. The summed E-state index contributed by atoms with van der Waals surface area (Å²) in [6.07, 6.45) is 0. The van der Waals surface area contributed by atoms with Crippen molar-refractivity contribution in [1.82, 2.24) is 15.1 Å². The zero-order valence-electron chi connectivity index (χ0n) is 16.2. The molecule has 1 amide bonds. The molecule has 0 bridgehead atoms. The van der Waals surface area contributed by atoms with Crippen molar-refractivity contribution in [2.75, 3.05) is 37.7 Å². The number of aromatic nitrogens is 2. The van der Waals surface area contributed by atoms with Crippen molar-refractivity contribution in [3.63, 3.8) is 0 Å². The summed E-state index contributed by atoms with van der Waals surface area (Å²) in [6.45, 7) is 1.91. The summed E-state index contributed by atoms with van der Waals surface area (Å²) in [5, 5.41) is 8.62. The Morgan fingerprint density at radius 3 is 2.37 bits per heavy atom. The Morgan fingerprint density at radius 2 is 1.70 bits per heavy atom. The zero-order valence-corrected chi connectivity index (χ0v) is 16.2. The summed E-state index contributed by atoms with van der Waals surface area (Å²) >= 11 is 0. The molecule has 3 aromatic rings. The number of anilines is 1. The van der Waals surface area contributed by atoms with Crippen LogP contribution in [0.4, 0.5) is 14.6 Å². The molecule has 0 spiro atoms. The highest BCUT2D eigenvalue weighted by Gasteiger charge is 2.23. The standard InChI is InChI=1S/C22H20F2N4O2/c23-17-6-8-20(18(24)14-17)30-15-22(29)28-12-10-27(11-13-28)21-9-7-19(25-26-21)16-4-2-1-3-5-16/h1-9,14H,10-13,15H2. The molecular weight excluding hydrogens is 390 g/mol. The van der Waals surface area contributed by atoms with E-state index < -0.39 is 11.6 Å². The number of nitrogens with zero attached hydrogens (tertiary/aromatic N) is 4. The third-order valence-corrected chi connectivity index (χ3v) is 4.92. The summed E-state index contributed by atoms with van der Waals surface area (Å²) in [4.78, 5) is 16.1. The molecule has 1 fully saturated rings. The lowest BCUT2D eigenvalue weighted by molar-refractivity contribution is -0.133. The van der Waals surface area contributed by atoms with Crippen LogP contribution in [0.25, 0.3) is 11.3 Å². The van der Waals surface area contributed by atoms with Crippen LogP contribution in [0.5, 0.6) is 5.75 Å². The van der Waals surface area contributed by atoms with Gasteiger partial charge in [0, 0.05) is 37.8 Å². The fourth-order valence-electron chi connectivity index (χ4n) is 3.26. The van der Waals surface area contributed by atoms with E-state index in [2.05, 4.69) is 15.1 Å². The molecule has 1 aliphatic rings. The van der Waals surface area contributed by atoms with E-state index in [0.29, 0.717) is 26.2 Å². The van der Waals surface area contributed by atoms with Crippen molar-refractivity contribution in [3.8, 4) is 17.0 Å². The highest BCUT2D eigenvalue weighted by molar-refractivity contribution is 5.78. The molecule has 2 aromatic carbocycles. The number of halogens is 2. The Morgan fingerprint density at radius 1 is 0.933 bits per heavy atom. The molecule has 0 atom stereocenters. The molecule has 1 aliphatic heterocycles. The maximum Gasteiger partial charge on any atom is 0.260 e. The number of piperazine rings is 1. The van der Waals surface area contributed by atoms with Crippen LogP contribution in [0, 0.1) is 11.6 Å². The van der Waals surface area contributed by atoms with E-state index in [9.17, 15) is 13.6 Å². The summed E-state index contributed by atoms with van der Waals surface area (Å²) < 4.78 is 31.8. The summed E-state index contributed by atoms with van der Waals surface area (Å²) in [5.41, 5.74) is 1.81. The third kappa shape index (κ3) is 4.53. The number of hydrogen-bond donors (Lipinski definition) is 0. The molecule has 2 heterocycles. The summed E-state index contributed by atoms with van der Waals surface area (Å²) in [6, 6.07) is 16.7. The van der Waals surface area contributed by atoms with E-state index in [-0.39, 0.29) is 18.3 Å². The Kier molecular flexibility index (Phi) is 5.83. The van der Waals surface area contributed by atoms with Crippen LogP contribution in [0.3, 0.4) is 0 Å². The molecule has 1 saturated heterocycles. The number of carbonyl (C=O) groups is 1. The van der Waals surface area contributed by atoms with E-state index in [1.807, 2.05) is 42.5 Å². The summed E-state index contributed by atoms with van der Waals surface area (Å²) in [5.74, 6) is -1.15. The van der Waals surface area contributed by atoms with E-state index in [4.69, 9.17) is 4.74 Å². The molecule has 0 aliphatic carbocycles. The lowest BCUT2D eigenvalue weighted by Crippen LogP contribution is -2.50. The van der Waals surface area contributed by atoms with E-state index >= 15 is 0 Å². The van der Waals surface area contributed by atoms with Crippen LogP contribution in [-0.4, -0.2) is 53.8 Å². The van der Waals surface area contributed by atoms with Gasteiger partial charge in [-0.3, -0.25) is 4.79 Å². The molecule has 4 rings (SSSR count). The second-order valence-corrected chi connectivity index (χ2v) is 6.87. The van der Waals surface area contributed by atoms with Gasteiger partial charge in [-0.2, -0.15) is 0 Å². The Bertz CT molecular complexity index is 1010. The van der Waals surface area contributed by atoms with Crippen molar-refractivity contribution >= 4 is 11.7 Å². The largest absolute Gasteiger partial charge is 0.481 e. The van der Waals surface area contributed by atoms with Crippen molar-refractivity contribution in [3.05, 3.63) is 72.3 Å². The minimum atomic E-state index is -0.829. The number of ether oxygens (including phenoxy) is 1. The highest BCUT2D eigenvalue weighted by atomic mass is 19.1. The van der Waals surface area contributed by atoms with Crippen LogP contribution >= 0.6 is 0 Å². The molecule has 1 aromatic heterocycles. The summed E-state index contributed by atoms with van der Waals surface area (Å²) in [7, 11) is 0. The second kappa shape index (κ2) is 8.86. The van der Waals surface area contributed by atoms with Crippen molar-refractivity contribution in [2.24, 2.45) is 0 Å². The minimum Gasteiger partial charge on any atom is -0.481 e. The predicted molar refractivity (Wildman–Crippen MR) is 108 cm³/mol. The number of carbonyl (C=O) groups excluding carboxylic acids is 1. The van der Waals surface area contributed by atoms with E-state index in [1.165, 1.54) is 6.07 Å². The van der Waals surface area contributed by atoms with Gasteiger partial charge in [0.1, 0.15) is 5.82 Å². The smallest absolute Gasteiger partial charge is 0.260 e. The van der Waals surface area contributed by atoms with E-state index in [0.717, 1.165) is 29.2 Å². The fourth-order valence-corrected chi connectivity index (χ4v) is 3.26. The van der Waals surface area contributed by atoms with Gasteiger partial charge in [0.15, 0.2) is 24.0 Å². The van der Waals surface area contributed by atoms with Gasteiger partial charge >= 0.3 is 0 Å². The first-order valence-electron chi connectivity index (χ1n) is 9.60. The van der Waals surface area contributed by atoms with Crippen LogP contribution in [0.2, 0.25) is 0 Å². The average molecular weight is 410 g/mol. The number of benzene rings is 2. The van der Waals surface area contributed by atoms with Gasteiger partial charge in [0.25, 0.3) is 5.91 Å². The third-order valence-electron chi connectivity index (χ3n) is 4.92. The lowest BCUT2D eigenvalue weighted by atomic mass is 10.1. The Labute approximate surface area is 172 Å². The average Bonchev–Trinajstić information content (AvgIpc) is 2.79. The fraction of sp³-hybridized carbons (Fsp3) is 0.227. The molecule has 0 N–H and O–H groups in total. The maximum atomic E-state index is 13.6. The van der Waals surface area contributed by atoms with Crippen LogP contribution in [0.1, 0.15) is 0 Å². The quantitative estimate of drug-likeness (QED) is 0.647. The minimum absolute atomic E-state index is 0.142. The van der Waals surface area contributed by atoms with Crippen molar-refractivity contribution in [2.45, 2.75) is 0 Å². The molecule has 0 saturated carbocycles. The topological polar surface area (TPSA) is 58.6 Å². The molecule has 154 valence electrons. The SMILES string of the molecule is O=C(COc1ccc(F)cc1F)N1CCN(c2ccc(-c3ccccc3)nn2)CC1.